The number of benzene rings is 1. The molecule has 1 atom stereocenters. The van der Waals surface area contributed by atoms with E-state index in [4.69, 9.17) is 17.3 Å². The van der Waals surface area contributed by atoms with Gasteiger partial charge in [0.1, 0.15) is 5.82 Å². The van der Waals surface area contributed by atoms with Crippen LogP contribution in [0.2, 0.25) is 5.02 Å². The fraction of sp³-hybridized carbons (Fsp3) is 0.250. The number of nitrogens with two attached hydrogens (primary N) is 1. The fourth-order valence-electron chi connectivity index (χ4n) is 1.68. The number of halogens is 2. The van der Waals surface area contributed by atoms with E-state index in [0.717, 1.165) is 5.69 Å². The summed E-state index contributed by atoms with van der Waals surface area (Å²) in [6, 6.07) is 2.89. The molecular formula is C12H13ClFN3. The van der Waals surface area contributed by atoms with Crippen molar-refractivity contribution in [2.75, 3.05) is 0 Å². The monoisotopic (exact) mass is 253 g/mol. The van der Waals surface area contributed by atoms with Crippen LogP contribution in [0.5, 0.6) is 0 Å². The number of nitrogens with zero attached hydrogens (tertiary/aromatic N) is 2. The molecule has 0 spiro atoms. The van der Waals surface area contributed by atoms with Crippen molar-refractivity contribution in [2.24, 2.45) is 5.73 Å². The van der Waals surface area contributed by atoms with Crippen LogP contribution >= 0.6 is 11.6 Å². The molecule has 0 saturated carbocycles. The van der Waals surface area contributed by atoms with Crippen molar-refractivity contribution in [1.29, 1.82) is 0 Å². The Hall–Kier alpha value is -1.39. The van der Waals surface area contributed by atoms with Crippen LogP contribution in [-0.2, 0) is 0 Å². The summed E-state index contributed by atoms with van der Waals surface area (Å²) in [5.41, 5.74) is 7.85. The maximum Gasteiger partial charge on any atom is 0.126 e. The molecule has 17 heavy (non-hydrogen) atoms. The predicted octanol–water partition coefficient (Wildman–Crippen LogP) is 2.99. The Morgan fingerprint density at radius 2 is 2.18 bits per heavy atom. The van der Waals surface area contributed by atoms with Gasteiger partial charge in [0.2, 0.25) is 0 Å². The molecule has 1 aromatic heterocycles. The second-order valence-corrected chi connectivity index (χ2v) is 4.49. The van der Waals surface area contributed by atoms with Gasteiger partial charge in [0.25, 0.3) is 0 Å². The second kappa shape index (κ2) is 4.47. The Labute approximate surface area is 104 Å². The summed E-state index contributed by atoms with van der Waals surface area (Å²) in [4.78, 5) is 0. The zero-order valence-corrected chi connectivity index (χ0v) is 10.4. The maximum absolute atomic E-state index is 13.5. The van der Waals surface area contributed by atoms with Gasteiger partial charge in [-0.3, -0.25) is 0 Å². The van der Waals surface area contributed by atoms with E-state index in [9.17, 15) is 4.39 Å². The molecule has 2 N–H and O–H groups in total. The summed E-state index contributed by atoms with van der Waals surface area (Å²) >= 11 is 5.82. The van der Waals surface area contributed by atoms with Crippen LogP contribution in [-0.4, -0.2) is 9.78 Å². The maximum atomic E-state index is 13.5. The van der Waals surface area contributed by atoms with E-state index < -0.39 is 0 Å². The highest BCUT2D eigenvalue weighted by Gasteiger charge is 2.13. The lowest BCUT2D eigenvalue weighted by molar-refractivity contribution is 0.611. The first-order chi connectivity index (χ1) is 7.99. The highest BCUT2D eigenvalue weighted by molar-refractivity contribution is 6.30. The first-order valence-corrected chi connectivity index (χ1v) is 5.63. The lowest BCUT2D eigenvalue weighted by Gasteiger charge is -2.14. The first-order valence-electron chi connectivity index (χ1n) is 5.25. The third kappa shape index (κ3) is 2.33. The van der Waals surface area contributed by atoms with E-state index in [2.05, 4.69) is 5.10 Å². The lowest BCUT2D eigenvalue weighted by Crippen LogP contribution is -2.11. The predicted molar refractivity (Wildman–Crippen MR) is 65.9 cm³/mol. The molecule has 90 valence electrons. The fourth-order valence-corrected chi connectivity index (χ4v) is 1.81. The third-order valence-electron chi connectivity index (χ3n) is 2.60. The molecule has 0 aliphatic heterocycles. The van der Waals surface area contributed by atoms with Crippen LogP contribution in [0.15, 0.2) is 24.5 Å². The van der Waals surface area contributed by atoms with Crippen molar-refractivity contribution in [2.45, 2.75) is 19.9 Å². The summed E-state index contributed by atoms with van der Waals surface area (Å²) < 4.78 is 15.1. The molecular weight excluding hydrogens is 241 g/mol. The average Bonchev–Trinajstić information content (AvgIpc) is 2.68. The third-order valence-corrected chi connectivity index (χ3v) is 2.79. The Kier molecular flexibility index (Phi) is 3.17. The topological polar surface area (TPSA) is 43.8 Å². The molecule has 0 radical (unpaired) electrons. The van der Waals surface area contributed by atoms with E-state index in [1.807, 2.05) is 0 Å². The SMILES string of the molecule is Cc1cc(-n2cc(Cl)cn2)c([C@@H](C)N)cc1F. The van der Waals surface area contributed by atoms with Crippen LogP contribution in [0, 0.1) is 12.7 Å². The molecule has 3 nitrogen and oxygen atoms in total. The molecule has 0 aliphatic rings. The highest BCUT2D eigenvalue weighted by Crippen LogP contribution is 2.24. The molecule has 1 aromatic carbocycles. The Morgan fingerprint density at radius 3 is 2.71 bits per heavy atom. The molecule has 0 bridgehead atoms. The van der Waals surface area contributed by atoms with Gasteiger partial charge >= 0.3 is 0 Å². The number of hydrogen-bond acceptors (Lipinski definition) is 2. The summed E-state index contributed by atoms with van der Waals surface area (Å²) in [5, 5.41) is 4.64. The van der Waals surface area contributed by atoms with Gasteiger partial charge in [0, 0.05) is 12.2 Å². The number of rotatable bonds is 2. The smallest absolute Gasteiger partial charge is 0.126 e. The first kappa shape index (κ1) is 12.1. The molecule has 0 amide bonds. The van der Waals surface area contributed by atoms with Crippen molar-refractivity contribution in [3.63, 3.8) is 0 Å². The van der Waals surface area contributed by atoms with E-state index in [0.29, 0.717) is 16.1 Å². The van der Waals surface area contributed by atoms with E-state index in [1.165, 1.54) is 12.3 Å². The summed E-state index contributed by atoms with van der Waals surface area (Å²) in [6.07, 6.45) is 3.20. The van der Waals surface area contributed by atoms with Crippen molar-refractivity contribution in [1.82, 2.24) is 9.78 Å². The van der Waals surface area contributed by atoms with Crippen molar-refractivity contribution in [3.8, 4) is 5.69 Å². The molecule has 5 heteroatoms. The highest BCUT2D eigenvalue weighted by atomic mass is 35.5. The minimum atomic E-state index is -0.275. The van der Waals surface area contributed by atoms with Crippen molar-refractivity contribution < 1.29 is 4.39 Å². The molecule has 0 saturated heterocycles. The molecule has 0 aliphatic carbocycles. The molecule has 2 rings (SSSR count). The van der Waals surface area contributed by atoms with E-state index in [-0.39, 0.29) is 11.9 Å². The minimum Gasteiger partial charge on any atom is -0.324 e. The standard InChI is InChI=1S/C12H13ClFN3/c1-7-3-12(17-6-9(13)5-16-17)10(8(2)15)4-11(7)14/h3-6,8H,15H2,1-2H3/t8-/m1/s1. The number of aromatic nitrogens is 2. The van der Waals surface area contributed by atoms with Crippen molar-refractivity contribution in [3.05, 3.63) is 46.5 Å². The quantitative estimate of drug-likeness (QED) is 0.894. The normalized spacial score (nSPS) is 12.8. The van der Waals surface area contributed by atoms with Gasteiger partial charge in [-0.1, -0.05) is 11.6 Å². The van der Waals surface area contributed by atoms with Crippen molar-refractivity contribution >= 4 is 11.6 Å². The average molecular weight is 254 g/mol. The number of hydrogen-bond donors (Lipinski definition) is 1. The Balaban J connectivity index is 2.63. The zero-order valence-electron chi connectivity index (χ0n) is 9.61. The largest absolute Gasteiger partial charge is 0.324 e. The van der Waals surface area contributed by atoms with Crippen LogP contribution in [0.4, 0.5) is 4.39 Å². The van der Waals surface area contributed by atoms with Crippen LogP contribution in [0.3, 0.4) is 0 Å². The van der Waals surface area contributed by atoms with E-state index >= 15 is 0 Å². The van der Waals surface area contributed by atoms with Gasteiger partial charge in [0.05, 0.1) is 16.9 Å². The van der Waals surface area contributed by atoms with Crippen LogP contribution < -0.4 is 5.73 Å². The molecule has 1 heterocycles. The summed E-state index contributed by atoms with van der Waals surface area (Å²) in [7, 11) is 0. The summed E-state index contributed by atoms with van der Waals surface area (Å²) in [5.74, 6) is -0.265. The van der Waals surface area contributed by atoms with Gasteiger partial charge in [-0.15, -0.1) is 0 Å². The Morgan fingerprint density at radius 1 is 1.47 bits per heavy atom. The van der Waals surface area contributed by atoms with Gasteiger partial charge in [-0.25, -0.2) is 9.07 Å². The minimum absolute atomic E-state index is 0.265. The van der Waals surface area contributed by atoms with Gasteiger partial charge < -0.3 is 5.73 Å². The molecule has 2 aromatic rings. The van der Waals surface area contributed by atoms with Gasteiger partial charge in [-0.05, 0) is 37.1 Å². The van der Waals surface area contributed by atoms with Gasteiger partial charge in [-0.2, -0.15) is 5.10 Å². The molecule has 0 unspecified atom stereocenters. The zero-order chi connectivity index (χ0) is 12.6. The second-order valence-electron chi connectivity index (χ2n) is 4.05. The van der Waals surface area contributed by atoms with Crippen LogP contribution in [0.1, 0.15) is 24.1 Å². The molecule has 0 fully saturated rings. The lowest BCUT2D eigenvalue weighted by atomic mass is 10.0. The van der Waals surface area contributed by atoms with Crippen LogP contribution in [0.25, 0.3) is 5.69 Å². The summed E-state index contributed by atoms with van der Waals surface area (Å²) in [6.45, 7) is 3.51. The van der Waals surface area contributed by atoms with E-state index in [1.54, 1.807) is 30.8 Å². The Bertz CT molecular complexity index is 549. The van der Waals surface area contributed by atoms with Gasteiger partial charge in [0.15, 0.2) is 0 Å². The number of aryl methyl sites for hydroxylation is 1.